The number of ether oxygens (including phenoxy) is 1. The zero-order chi connectivity index (χ0) is 17.6. The predicted molar refractivity (Wildman–Crippen MR) is 102 cm³/mol. The Kier molecular flexibility index (Phi) is 5.50. The Labute approximate surface area is 151 Å². The number of carbonyl (C=O) groups is 1. The Morgan fingerprint density at radius 2 is 1.96 bits per heavy atom. The van der Waals surface area contributed by atoms with Gasteiger partial charge in [-0.05, 0) is 54.3 Å². The average Bonchev–Trinajstić information content (AvgIpc) is 2.97. The number of rotatable bonds is 5. The van der Waals surface area contributed by atoms with Crippen LogP contribution < -0.4 is 10.1 Å². The maximum absolute atomic E-state index is 12.1. The van der Waals surface area contributed by atoms with Gasteiger partial charge >= 0.3 is 0 Å². The van der Waals surface area contributed by atoms with Crippen LogP contribution in [-0.4, -0.2) is 29.6 Å². The largest absolute Gasteiger partial charge is 0.497 e. The smallest absolute Gasteiger partial charge is 0.239 e. The van der Waals surface area contributed by atoms with Gasteiger partial charge in [-0.2, -0.15) is 5.10 Å². The lowest BCUT2D eigenvalue weighted by molar-refractivity contribution is -0.118. The summed E-state index contributed by atoms with van der Waals surface area (Å²) in [4.78, 5) is 12.1. The Morgan fingerprint density at radius 1 is 1.20 bits per heavy atom. The monoisotopic (exact) mass is 353 g/mol. The number of benzene rings is 2. The van der Waals surface area contributed by atoms with E-state index in [9.17, 15) is 4.79 Å². The van der Waals surface area contributed by atoms with Crippen LogP contribution in [0.15, 0.2) is 58.7 Å². The Hall–Kier alpha value is -2.60. The van der Waals surface area contributed by atoms with Crippen molar-refractivity contribution >= 4 is 29.1 Å². The second kappa shape index (κ2) is 7.98. The number of aryl methyl sites for hydroxylation is 1. The average molecular weight is 353 g/mol. The fraction of sp³-hybridized carbons (Fsp3) is 0.211. The molecule has 1 saturated heterocycles. The number of methoxy groups -OCH3 is 1. The molecule has 3 rings (SSSR count). The molecule has 1 heterocycles. The minimum atomic E-state index is -0.170. The Morgan fingerprint density at radius 3 is 2.68 bits per heavy atom. The first kappa shape index (κ1) is 17.2. The van der Waals surface area contributed by atoms with Crippen molar-refractivity contribution < 1.29 is 9.53 Å². The molecular weight excluding hydrogens is 334 g/mol. The SMILES string of the molecule is COc1ccc(/C=N/N=C2\NC(=O)C(Cc3ccccc3C)S2)cc1. The molecule has 1 atom stereocenters. The maximum atomic E-state index is 12.1. The lowest BCUT2D eigenvalue weighted by Crippen LogP contribution is -2.26. The van der Waals surface area contributed by atoms with Crippen LogP contribution in [0.3, 0.4) is 0 Å². The van der Waals surface area contributed by atoms with Crippen LogP contribution in [0.4, 0.5) is 0 Å². The number of nitrogens with one attached hydrogen (secondary N) is 1. The van der Waals surface area contributed by atoms with Crippen LogP contribution in [0.1, 0.15) is 16.7 Å². The summed E-state index contributed by atoms with van der Waals surface area (Å²) in [6.45, 7) is 2.06. The van der Waals surface area contributed by atoms with Crippen molar-refractivity contribution in [3.63, 3.8) is 0 Å². The minimum absolute atomic E-state index is 0.0216. The molecule has 1 fully saturated rings. The highest BCUT2D eigenvalue weighted by molar-refractivity contribution is 8.15. The number of carbonyl (C=O) groups excluding carboxylic acids is 1. The van der Waals surface area contributed by atoms with Gasteiger partial charge in [0.25, 0.3) is 0 Å². The topological polar surface area (TPSA) is 63.1 Å². The molecule has 2 aromatic carbocycles. The predicted octanol–water partition coefficient (Wildman–Crippen LogP) is 3.17. The molecule has 1 N–H and O–H groups in total. The van der Waals surface area contributed by atoms with Crippen molar-refractivity contribution in [2.24, 2.45) is 10.2 Å². The highest BCUT2D eigenvalue weighted by atomic mass is 32.2. The van der Waals surface area contributed by atoms with Crippen molar-refractivity contribution in [2.75, 3.05) is 7.11 Å². The Balaban J connectivity index is 1.62. The number of hydrogen-bond donors (Lipinski definition) is 1. The van der Waals surface area contributed by atoms with E-state index < -0.39 is 0 Å². The normalized spacial score (nSPS) is 18.7. The quantitative estimate of drug-likeness (QED) is 0.663. The van der Waals surface area contributed by atoms with Gasteiger partial charge in [-0.25, -0.2) is 0 Å². The van der Waals surface area contributed by atoms with Crippen molar-refractivity contribution in [3.8, 4) is 5.75 Å². The molecule has 0 bridgehead atoms. The van der Waals surface area contributed by atoms with Gasteiger partial charge in [0.05, 0.1) is 18.6 Å². The van der Waals surface area contributed by atoms with E-state index in [4.69, 9.17) is 4.74 Å². The number of thioether (sulfide) groups is 1. The summed E-state index contributed by atoms with van der Waals surface area (Å²) in [5.74, 6) is 0.771. The van der Waals surface area contributed by atoms with Gasteiger partial charge in [-0.15, -0.1) is 5.10 Å². The summed E-state index contributed by atoms with van der Waals surface area (Å²) in [6.07, 6.45) is 2.33. The van der Waals surface area contributed by atoms with Gasteiger partial charge in [0.2, 0.25) is 5.91 Å². The summed E-state index contributed by atoms with van der Waals surface area (Å²) in [6, 6.07) is 15.6. The molecule has 1 aliphatic heterocycles. The second-order valence-electron chi connectivity index (χ2n) is 5.65. The molecule has 1 unspecified atom stereocenters. The Bertz CT molecular complexity index is 816. The highest BCUT2D eigenvalue weighted by Crippen LogP contribution is 2.24. The fourth-order valence-electron chi connectivity index (χ4n) is 2.46. The van der Waals surface area contributed by atoms with Crippen molar-refractivity contribution in [2.45, 2.75) is 18.6 Å². The molecule has 5 nitrogen and oxygen atoms in total. The van der Waals surface area contributed by atoms with E-state index in [1.807, 2.05) is 36.4 Å². The fourth-order valence-corrected chi connectivity index (χ4v) is 3.42. The lowest BCUT2D eigenvalue weighted by Gasteiger charge is -2.07. The van der Waals surface area contributed by atoms with Crippen molar-refractivity contribution in [1.82, 2.24) is 5.32 Å². The van der Waals surface area contributed by atoms with Crippen LogP contribution >= 0.6 is 11.8 Å². The summed E-state index contributed by atoms with van der Waals surface area (Å²) in [5.41, 5.74) is 3.29. The van der Waals surface area contributed by atoms with Crippen LogP contribution in [-0.2, 0) is 11.2 Å². The van der Waals surface area contributed by atoms with Gasteiger partial charge in [-0.1, -0.05) is 36.0 Å². The van der Waals surface area contributed by atoms with Crippen molar-refractivity contribution in [3.05, 3.63) is 65.2 Å². The third-order valence-electron chi connectivity index (χ3n) is 3.91. The third-order valence-corrected chi connectivity index (χ3v) is 4.99. The number of amides is 1. The maximum Gasteiger partial charge on any atom is 0.239 e. The highest BCUT2D eigenvalue weighted by Gasteiger charge is 2.30. The number of hydrogen-bond acceptors (Lipinski definition) is 5. The van der Waals surface area contributed by atoms with E-state index in [2.05, 4.69) is 34.6 Å². The summed E-state index contributed by atoms with van der Waals surface area (Å²) < 4.78 is 5.11. The summed E-state index contributed by atoms with van der Waals surface area (Å²) in [7, 11) is 1.63. The van der Waals surface area contributed by atoms with E-state index in [0.717, 1.165) is 11.3 Å². The first-order valence-corrected chi connectivity index (χ1v) is 8.81. The molecule has 6 heteroatoms. The molecule has 0 saturated carbocycles. The van der Waals surface area contributed by atoms with Crippen LogP contribution in [0, 0.1) is 6.92 Å². The van der Waals surface area contributed by atoms with Crippen LogP contribution in [0.25, 0.3) is 0 Å². The van der Waals surface area contributed by atoms with Gasteiger partial charge < -0.3 is 10.1 Å². The molecule has 25 heavy (non-hydrogen) atoms. The zero-order valence-corrected chi connectivity index (χ0v) is 14.9. The van der Waals surface area contributed by atoms with Crippen molar-refractivity contribution in [1.29, 1.82) is 0 Å². The van der Waals surface area contributed by atoms with Crippen LogP contribution in [0.5, 0.6) is 5.75 Å². The second-order valence-corrected chi connectivity index (χ2v) is 6.84. The molecule has 1 aliphatic rings. The number of amidine groups is 1. The molecule has 128 valence electrons. The van der Waals surface area contributed by atoms with Gasteiger partial charge in [0.15, 0.2) is 5.17 Å². The molecule has 0 radical (unpaired) electrons. The summed E-state index contributed by atoms with van der Waals surface area (Å²) in [5, 5.41) is 11.3. The van der Waals surface area contributed by atoms with E-state index in [-0.39, 0.29) is 11.2 Å². The molecular formula is C19H19N3O2S. The first-order chi connectivity index (χ1) is 12.2. The van der Waals surface area contributed by atoms with E-state index in [0.29, 0.717) is 11.6 Å². The first-order valence-electron chi connectivity index (χ1n) is 7.93. The third kappa shape index (κ3) is 4.48. The molecule has 1 amide bonds. The van der Waals surface area contributed by atoms with Gasteiger partial charge in [-0.3, -0.25) is 4.79 Å². The molecule has 0 aromatic heterocycles. The zero-order valence-electron chi connectivity index (χ0n) is 14.1. The summed E-state index contributed by atoms with van der Waals surface area (Å²) >= 11 is 1.42. The van der Waals surface area contributed by atoms with E-state index >= 15 is 0 Å². The standard InChI is InChI=1S/C19H19N3O2S/c1-13-5-3-4-6-15(13)11-17-18(23)21-19(25-17)22-20-12-14-7-9-16(24-2)10-8-14/h3-10,12,17H,11H2,1-2H3,(H,21,22,23)/b20-12+. The molecule has 0 aliphatic carbocycles. The minimum Gasteiger partial charge on any atom is -0.497 e. The van der Waals surface area contributed by atoms with E-state index in [1.54, 1.807) is 13.3 Å². The van der Waals surface area contributed by atoms with Gasteiger partial charge in [0.1, 0.15) is 5.75 Å². The molecule has 2 aromatic rings. The molecule has 0 spiro atoms. The van der Waals surface area contributed by atoms with Crippen LogP contribution in [0.2, 0.25) is 0 Å². The van der Waals surface area contributed by atoms with E-state index in [1.165, 1.54) is 22.9 Å². The lowest BCUT2D eigenvalue weighted by atomic mass is 10.0. The number of nitrogens with zero attached hydrogens (tertiary/aromatic N) is 2. The van der Waals surface area contributed by atoms with Gasteiger partial charge in [0, 0.05) is 0 Å².